The number of guanidine groups is 1. The van der Waals surface area contributed by atoms with E-state index in [9.17, 15) is 0 Å². The number of aryl methyl sites for hydroxylation is 1. The molecule has 0 bridgehead atoms. The van der Waals surface area contributed by atoms with E-state index in [2.05, 4.69) is 20.4 Å². The van der Waals surface area contributed by atoms with Gasteiger partial charge in [0.2, 0.25) is 0 Å². The molecule has 2 aromatic heterocycles. The molecule has 2 heterocycles. The third kappa shape index (κ3) is 5.09. The van der Waals surface area contributed by atoms with Gasteiger partial charge in [0.25, 0.3) is 0 Å². The molecule has 6 heteroatoms. The number of hydrogen-bond donors (Lipinski definition) is 2. The van der Waals surface area contributed by atoms with Crippen molar-refractivity contribution in [2.75, 3.05) is 13.1 Å². The first kappa shape index (κ1) is 14.0. The van der Waals surface area contributed by atoms with Gasteiger partial charge < -0.3 is 11.1 Å². The smallest absolute Gasteiger partial charge is 0.188 e. The van der Waals surface area contributed by atoms with E-state index in [-0.39, 0.29) is 0 Å². The fourth-order valence-corrected chi connectivity index (χ4v) is 1.79. The standard InChI is InChI=1S/C14H20N6/c15-14(17-8-3-11-20-12-4-9-19-20)18-10-6-13-5-1-2-7-16-13/h1-2,4-5,7,9,12H,3,6,8,10-11H2,(H3,15,17,18). The van der Waals surface area contributed by atoms with Crippen LogP contribution in [-0.4, -0.2) is 33.8 Å². The van der Waals surface area contributed by atoms with Crippen LogP contribution in [0.15, 0.2) is 47.8 Å². The van der Waals surface area contributed by atoms with Crippen LogP contribution in [0.3, 0.4) is 0 Å². The summed E-state index contributed by atoms with van der Waals surface area (Å²) < 4.78 is 1.89. The molecular weight excluding hydrogens is 252 g/mol. The van der Waals surface area contributed by atoms with Crippen molar-refractivity contribution in [1.29, 1.82) is 0 Å². The van der Waals surface area contributed by atoms with E-state index in [1.54, 1.807) is 12.4 Å². The molecule has 0 amide bonds. The molecule has 2 rings (SSSR count). The zero-order valence-electron chi connectivity index (χ0n) is 11.4. The Hall–Kier alpha value is -2.37. The van der Waals surface area contributed by atoms with E-state index < -0.39 is 0 Å². The predicted molar refractivity (Wildman–Crippen MR) is 79.3 cm³/mol. The number of aromatic nitrogens is 3. The predicted octanol–water partition coefficient (Wildman–Crippen LogP) is 0.815. The number of rotatable bonds is 7. The highest BCUT2D eigenvalue weighted by Gasteiger charge is 1.95. The molecule has 3 N–H and O–H groups in total. The molecule has 2 aromatic rings. The minimum atomic E-state index is 0.487. The van der Waals surface area contributed by atoms with Crippen molar-refractivity contribution in [3.63, 3.8) is 0 Å². The summed E-state index contributed by atoms with van der Waals surface area (Å²) in [5.41, 5.74) is 6.84. The second-order valence-electron chi connectivity index (χ2n) is 4.39. The molecular formula is C14H20N6. The summed E-state index contributed by atoms with van der Waals surface area (Å²) >= 11 is 0. The molecule has 0 atom stereocenters. The first-order chi connectivity index (χ1) is 9.84. The monoisotopic (exact) mass is 272 g/mol. The maximum Gasteiger partial charge on any atom is 0.188 e. The first-order valence-electron chi connectivity index (χ1n) is 6.76. The van der Waals surface area contributed by atoms with Gasteiger partial charge in [0, 0.05) is 50.3 Å². The van der Waals surface area contributed by atoms with Gasteiger partial charge in [-0.2, -0.15) is 5.10 Å². The van der Waals surface area contributed by atoms with Crippen LogP contribution in [0.4, 0.5) is 0 Å². The van der Waals surface area contributed by atoms with Crippen LogP contribution >= 0.6 is 0 Å². The van der Waals surface area contributed by atoms with Crippen molar-refractivity contribution in [2.45, 2.75) is 19.4 Å². The quantitative estimate of drug-likeness (QED) is 0.444. The zero-order chi connectivity index (χ0) is 14.0. The largest absolute Gasteiger partial charge is 0.370 e. The molecule has 20 heavy (non-hydrogen) atoms. The lowest BCUT2D eigenvalue weighted by atomic mass is 10.3. The van der Waals surface area contributed by atoms with Crippen LogP contribution in [0.5, 0.6) is 0 Å². The van der Waals surface area contributed by atoms with Crippen molar-refractivity contribution in [3.8, 4) is 0 Å². The van der Waals surface area contributed by atoms with Gasteiger partial charge in [-0.25, -0.2) is 0 Å². The lowest BCUT2D eigenvalue weighted by Crippen LogP contribution is -2.33. The topological polar surface area (TPSA) is 81.1 Å². The highest BCUT2D eigenvalue weighted by atomic mass is 15.3. The third-order valence-corrected chi connectivity index (χ3v) is 2.80. The Labute approximate surface area is 118 Å². The molecule has 106 valence electrons. The molecule has 0 unspecified atom stereocenters. The summed E-state index contributed by atoms with van der Waals surface area (Å²) in [5.74, 6) is 0.487. The molecule has 0 aromatic carbocycles. The summed E-state index contributed by atoms with van der Waals surface area (Å²) in [4.78, 5) is 8.53. The Kier molecular flexibility index (Phi) is 5.57. The number of nitrogens with one attached hydrogen (secondary N) is 1. The van der Waals surface area contributed by atoms with Crippen LogP contribution in [-0.2, 0) is 13.0 Å². The van der Waals surface area contributed by atoms with Gasteiger partial charge in [-0.05, 0) is 24.6 Å². The number of hydrogen-bond acceptors (Lipinski definition) is 3. The van der Waals surface area contributed by atoms with Crippen molar-refractivity contribution >= 4 is 5.96 Å². The summed E-state index contributed by atoms with van der Waals surface area (Å²) in [6.45, 7) is 2.30. The van der Waals surface area contributed by atoms with Gasteiger partial charge in [-0.15, -0.1) is 0 Å². The van der Waals surface area contributed by atoms with Crippen LogP contribution in [0.1, 0.15) is 12.1 Å². The normalized spacial score (nSPS) is 11.5. The number of nitrogens with two attached hydrogens (primary N) is 1. The van der Waals surface area contributed by atoms with Crippen molar-refractivity contribution in [3.05, 3.63) is 48.5 Å². The fraction of sp³-hybridized carbons (Fsp3) is 0.357. The number of nitrogens with zero attached hydrogens (tertiary/aromatic N) is 4. The molecule has 0 aliphatic rings. The average Bonchev–Trinajstić information content (AvgIpc) is 2.98. The Morgan fingerprint density at radius 2 is 2.25 bits per heavy atom. The first-order valence-corrected chi connectivity index (χ1v) is 6.76. The van der Waals surface area contributed by atoms with Gasteiger partial charge in [0.05, 0.1) is 0 Å². The van der Waals surface area contributed by atoms with Crippen molar-refractivity contribution in [1.82, 2.24) is 20.1 Å². The molecule has 0 aliphatic heterocycles. The van der Waals surface area contributed by atoms with E-state index in [4.69, 9.17) is 5.73 Å². The lowest BCUT2D eigenvalue weighted by molar-refractivity contribution is 0.584. The Bertz CT molecular complexity index is 506. The van der Waals surface area contributed by atoms with Crippen molar-refractivity contribution < 1.29 is 0 Å². The van der Waals surface area contributed by atoms with Crippen LogP contribution in [0, 0.1) is 0 Å². The summed E-state index contributed by atoms with van der Waals surface area (Å²) in [6, 6.07) is 7.80. The molecule has 0 fully saturated rings. The van der Waals surface area contributed by atoms with E-state index >= 15 is 0 Å². The Morgan fingerprint density at radius 3 is 3.00 bits per heavy atom. The summed E-state index contributed by atoms with van der Waals surface area (Å²) in [6.07, 6.45) is 7.27. The summed E-state index contributed by atoms with van der Waals surface area (Å²) in [5, 5.41) is 7.22. The van der Waals surface area contributed by atoms with E-state index in [0.29, 0.717) is 12.5 Å². The van der Waals surface area contributed by atoms with Gasteiger partial charge in [-0.1, -0.05) is 6.07 Å². The Balaban J connectivity index is 1.59. The van der Waals surface area contributed by atoms with E-state index in [0.717, 1.165) is 31.6 Å². The highest BCUT2D eigenvalue weighted by molar-refractivity contribution is 5.77. The maximum absolute atomic E-state index is 5.79. The molecule has 0 saturated heterocycles. The van der Waals surface area contributed by atoms with Gasteiger partial charge >= 0.3 is 0 Å². The van der Waals surface area contributed by atoms with E-state index in [1.807, 2.05) is 35.1 Å². The number of pyridine rings is 1. The minimum absolute atomic E-state index is 0.487. The van der Waals surface area contributed by atoms with Crippen LogP contribution < -0.4 is 11.1 Å². The second-order valence-corrected chi connectivity index (χ2v) is 4.39. The SMILES string of the molecule is NC(=NCCCn1cccn1)NCCc1ccccn1. The molecule has 0 spiro atoms. The lowest BCUT2D eigenvalue weighted by Gasteiger charge is -2.05. The third-order valence-electron chi connectivity index (χ3n) is 2.80. The molecule has 6 nitrogen and oxygen atoms in total. The maximum atomic E-state index is 5.79. The van der Waals surface area contributed by atoms with Crippen molar-refractivity contribution in [2.24, 2.45) is 10.7 Å². The van der Waals surface area contributed by atoms with Gasteiger partial charge in [0.15, 0.2) is 5.96 Å². The minimum Gasteiger partial charge on any atom is -0.370 e. The average molecular weight is 272 g/mol. The summed E-state index contributed by atoms with van der Waals surface area (Å²) in [7, 11) is 0. The second kappa shape index (κ2) is 7.93. The molecule has 0 aliphatic carbocycles. The zero-order valence-corrected chi connectivity index (χ0v) is 11.4. The van der Waals surface area contributed by atoms with Crippen LogP contribution in [0.25, 0.3) is 0 Å². The molecule has 0 radical (unpaired) electrons. The number of aliphatic imine (C=N–C) groups is 1. The highest BCUT2D eigenvalue weighted by Crippen LogP contribution is 1.93. The van der Waals surface area contributed by atoms with Crippen LogP contribution in [0.2, 0.25) is 0 Å². The van der Waals surface area contributed by atoms with Gasteiger partial charge in [-0.3, -0.25) is 14.7 Å². The fourth-order valence-electron chi connectivity index (χ4n) is 1.79. The van der Waals surface area contributed by atoms with Gasteiger partial charge in [0.1, 0.15) is 0 Å². The molecule has 0 saturated carbocycles. The Morgan fingerprint density at radius 1 is 1.30 bits per heavy atom. The van der Waals surface area contributed by atoms with E-state index in [1.165, 1.54) is 0 Å².